The second kappa shape index (κ2) is 9.07. The number of carbonyl (C=O) groups excluding carboxylic acids is 2. The van der Waals surface area contributed by atoms with Gasteiger partial charge in [0.1, 0.15) is 0 Å². The van der Waals surface area contributed by atoms with E-state index in [-0.39, 0.29) is 23.8 Å². The van der Waals surface area contributed by atoms with Gasteiger partial charge < -0.3 is 14.8 Å². The van der Waals surface area contributed by atoms with Crippen LogP contribution in [0.15, 0.2) is 30.3 Å². The molecule has 0 aliphatic carbocycles. The van der Waals surface area contributed by atoms with Crippen LogP contribution in [0.1, 0.15) is 60.9 Å². The van der Waals surface area contributed by atoms with Crippen molar-refractivity contribution in [2.24, 2.45) is 11.8 Å². The lowest BCUT2D eigenvalue weighted by molar-refractivity contribution is -0.127. The molecule has 1 saturated heterocycles. The third-order valence-corrected chi connectivity index (χ3v) is 6.44. The Bertz CT molecular complexity index is 920. The zero-order valence-corrected chi connectivity index (χ0v) is 19.2. The van der Waals surface area contributed by atoms with E-state index < -0.39 is 0 Å². The minimum absolute atomic E-state index is 0.00465. The number of benzene rings is 1. The maximum atomic E-state index is 13.2. The molecule has 5 heteroatoms. The molecule has 1 fully saturated rings. The van der Waals surface area contributed by atoms with Crippen molar-refractivity contribution in [1.29, 1.82) is 0 Å². The Kier molecular flexibility index (Phi) is 6.69. The highest BCUT2D eigenvalue weighted by Crippen LogP contribution is 2.25. The van der Waals surface area contributed by atoms with E-state index in [1.807, 2.05) is 37.8 Å². The molecule has 1 aromatic heterocycles. The number of rotatable bonds is 5. The monoisotopic (exact) mass is 409 g/mol. The highest BCUT2D eigenvalue weighted by atomic mass is 16.2. The maximum Gasteiger partial charge on any atom is 0.255 e. The van der Waals surface area contributed by atoms with Crippen molar-refractivity contribution in [3.8, 4) is 5.69 Å². The molecule has 3 rings (SSSR count). The quantitative estimate of drug-likeness (QED) is 0.795. The Morgan fingerprint density at radius 1 is 1.03 bits per heavy atom. The summed E-state index contributed by atoms with van der Waals surface area (Å²) in [6, 6.07) is 10.5. The molecule has 1 unspecified atom stereocenters. The van der Waals surface area contributed by atoms with Gasteiger partial charge in [-0.05, 0) is 70.2 Å². The largest absolute Gasteiger partial charge is 0.353 e. The lowest BCUT2D eigenvalue weighted by Gasteiger charge is -2.32. The second-order valence-corrected chi connectivity index (χ2v) is 9.07. The number of amides is 2. The molecular formula is C25H35N3O2. The van der Waals surface area contributed by atoms with E-state index >= 15 is 0 Å². The van der Waals surface area contributed by atoms with Gasteiger partial charge in [-0.2, -0.15) is 0 Å². The number of nitrogens with zero attached hydrogens (tertiary/aromatic N) is 2. The van der Waals surface area contributed by atoms with E-state index in [1.54, 1.807) is 0 Å². The number of piperidine rings is 1. The number of likely N-dealkylation sites (tertiary alicyclic amines) is 1. The zero-order valence-electron chi connectivity index (χ0n) is 19.2. The van der Waals surface area contributed by atoms with Crippen LogP contribution in [-0.2, 0) is 4.79 Å². The number of hydrogen-bond donors (Lipinski definition) is 1. The van der Waals surface area contributed by atoms with E-state index in [9.17, 15) is 9.59 Å². The number of aromatic nitrogens is 1. The second-order valence-electron chi connectivity index (χ2n) is 9.07. The molecule has 0 bridgehead atoms. The summed E-state index contributed by atoms with van der Waals surface area (Å²) in [5, 5.41) is 3.12. The molecule has 162 valence electrons. The molecule has 2 heterocycles. The summed E-state index contributed by atoms with van der Waals surface area (Å²) < 4.78 is 2.15. The van der Waals surface area contributed by atoms with E-state index in [1.165, 1.54) is 5.56 Å². The number of aryl methyl sites for hydroxylation is 2. The average molecular weight is 410 g/mol. The van der Waals surface area contributed by atoms with Gasteiger partial charge in [-0.3, -0.25) is 9.59 Å². The first-order valence-electron chi connectivity index (χ1n) is 11.0. The molecule has 5 nitrogen and oxygen atoms in total. The normalized spacial score (nSPS) is 16.0. The fourth-order valence-corrected chi connectivity index (χ4v) is 4.17. The third kappa shape index (κ3) is 4.61. The van der Waals surface area contributed by atoms with Crippen molar-refractivity contribution in [2.45, 2.75) is 60.4 Å². The Labute approximate surface area is 180 Å². The SMILES string of the molecule is Cc1cccc(-n2c(C)cc(C(=O)N3CCC(C(=O)NC(C)C(C)C)CC3)c2C)c1. The number of hydrogen-bond acceptors (Lipinski definition) is 2. The first-order chi connectivity index (χ1) is 14.2. The lowest BCUT2D eigenvalue weighted by atomic mass is 9.94. The predicted octanol–water partition coefficient (Wildman–Crippen LogP) is 4.42. The van der Waals surface area contributed by atoms with E-state index in [0.717, 1.165) is 35.5 Å². The smallest absolute Gasteiger partial charge is 0.255 e. The predicted molar refractivity (Wildman–Crippen MR) is 121 cm³/mol. The van der Waals surface area contributed by atoms with Gasteiger partial charge in [0.2, 0.25) is 5.91 Å². The number of carbonyl (C=O) groups is 2. The summed E-state index contributed by atoms with van der Waals surface area (Å²) in [7, 11) is 0. The van der Waals surface area contributed by atoms with Crippen LogP contribution in [-0.4, -0.2) is 40.4 Å². The zero-order chi connectivity index (χ0) is 22.0. The van der Waals surface area contributed by atoms with Crippen molar-refractivity contribution in [3.05, 3.63) is 52.8 Å². The van der Waals surface area contributed by atoms with Gasteiger partial charge in [0, 0.05) is 42.1 Å². The summed E-state index contributed by atoms with van der Waals surface area (Å²) in [5.41, 5.74) is 5.05. The molecule has 1 aliphatic heterocycles. The van der Waals surface area contributed by atoms with Crippen LogP contribution >= 0.6 is 0 Å². The van der Waals surface area contributed by atoms with Gasteiger partial charge in [0.15, 0.2) is 0 Å². The van der Waals surface area contributed by atoms with Crippen molar-refractivity contribution in [2.75, 3.05) is 13.1 Å². The number of nitrogens with one attached hydrogen (secondary N) is 1. The van der Waals surface area contributed by atoms with Crippen LogP contribution in [0.25, 0.3) is 5.69 Å². The van der Waals surface area contributed by atoms with Crippen molar-refractivity contribution in [1.82, 2.24) is 14.8 Å². The first-order valence-corrected chi connectivity index (χ1v) is 11.0. The summed E-state index contributed by atoms with van der Waals surface area (Å²) in [5.74, 6) is 0.603. The summed E-state index contributed by atoms with van der Waals surface area (Å²) in [4.78, 5) is 27.7. The molecule has 1 atom stereocenters. The molecule has 1 aromatic carbocycles. The van der Waals surface area contributed by atoms with Crippen molar-refractivity contribution < 1.29 is 9.59 Å². The van der Waals surface area contributed by atoms with Gasteiger partial charge in [-0.15, -0.1) is 0 Å². The summed E-state index contributed by atoms with van der Waals surface area (Å²) in [6.07, 6.45) is 1.44. The van der Waals surface area contributed by atoms with Gasteiger partial charge >= 0.3 is 0 Å². The van der Waals surface area contributed by atoms with Crippen molar-refractivity contribution in [3.63, 3.8) is 0 Å². The lowest BCUT2D eigenvalue weighted by Crippen LogP contribution is -2.45. The van der Waals surface area contributed by atoms with E-state index in [0.29, 0.717) is 19.0 Å². The van der Waals surface area contributed by atoms with Crippen LogP contribution in [0, 0.1) is 32.6 Å². The molecule has 30 heavy (non-hydrogen) atoms. The summed E-state index contributed by atoms with van der Waals surface area (Å²) >= 11 is 0. The van der Waals surface area contributed by atoms with Gasteiger partial charge in [-0.25, -0.2) is 0 Å². The van der Waals surface area contributed by atoms with Crippen LogP contribution in [0.4, 0.5) is 0 Å². The molecule has 2 aromatic rings. The Balaban J connectivity index is 1.69. The Hall–Kier alpha value is -2.56. The maximum absolute atomic E-state index is 13.2. The highest BCUT2D eigenvalue weighted by molar-refractivity contribution is 5.96. The fourth-order valence-electron chi connectivity index (χ4n) is 4.17. The topological polar surface area (TPSA) is 54.3 Å². The molecule has 0 spiro atoms. The summed E-state index contributed by atoms with van der Waals surface area (Å²) in [6.45, 7) is 13.6. The van der Waals surface area contributed by atoms with Gasteiger partial charge in [0.25, 0.3) is 5.91 Å². The molecule has 2 amide bonds. The molecule has 0 saturated carbocycles. The molecule has 1 aliphatic rings. The first kappa shape index (κ1) is 22.1. The van der Waals surface area contributed by atoms with E-state index in [4.69, 9.17) is 0 Å². The Morgan fingerprint density at radius 3 is 2.30 bits per heavy atom. The fraction of sp³-hybridized carbons (Fsp3) is 0.520. The van der Waals surface area contributed by atoms with Crippen molar-refractivity contribution >= 4 is 11.8 Å². The van der Waals surface area contributed by atoms with Crippen LogP contribution in [0.2, 0.25) is 0 Å². The minimum atomic E-state index is -0.00465. The van der Waals surface area contributed by atoms with Gasteiger partial charge in [-0.1, -0.05) is 26.0 Å². The van der Waals surface area contributed by atoms with Crippen LogP contribution in [0.5, 0.6) is 0 Å². The standard InChI is InChI=1S/C25H35N3O2/c1-16(2)19(5)26-24(29)21-10-12-27(13-11-21)25(30)23-15-18(4)28(20(23)6)22-9-7-8-17(3)14-22/h7-9,14-16,19,21H,10-13H2,1-6H3,(H,26,29). The van der Waals surface area contributed by atoms with E-state index in [2.05, 4.69) is 48.9 Å². The molecule has 1 N–H and O–H groups in total. The average Bonchev–Trinajstić information content (AvgIpc) is 3.01. The minimum Gasteiger partial charge on any atom is -0.353 e. The molecular weight excluding hydrogens is 374 g/mol. The van der Waals surface area contributed by atoms with Crippen LogP contribution < -0.4 is 5.32 Å². The third-order valence-electron chi connectivity index (χ3n) is 6.44. The molecule has 0 radical (unpaired) electrons. The Morgan fingerprint density at radius 2 is 1.70 bits per heavy atom. The highest BCUT2D eigenvalue weighted by Gasteiger charge is 2.30. The van der Waals surface area contributed by atoms with Gasteiger partial charge in [0.05, 0.1) is 5.56 Å². The van der Waals surface area contributed by atoms with Crippen LogP contribution in [0.3, 0.4) is 0 Å².